The van der Waals surface area contributed by atoms with Gasteiger partial charge in [-0.15, -0.1) is 11.8 Å². The van der Waals surface area contributed by atoms with Crippen LogP contribution in [0.2, 0.25) is 0 Å². The van der Waals surface area contributed by atoms with Gasteiger partial charge in [-0.3, -0.25) is 13.9 Å². The molecule has 0 aromatic carbocycles. The van der Waals surface area contributed by atoms with Gasteiger partial charge in [-0.25, -0.2) is 9.59 Å². The fourth-order valence-corrected chi connectivity index (χ4v) is 11.6. The molecule has 0 amide bonds. The normalized spacial score (nSPS) is 28.8. The van der Waals surface area contributed by atoms with Gasteiger partial charge < -0.3 is 14.2 Å². The smallest absolute Gasteiger partial charge is 0.369 e. The van der Waals surface area contributed by atoms with Crippen molar-refractivity contribution in [3.8, 4) is 0 Å². The molecule has 15 heteroatoms. The van der Waals surface area contributed by atoms with Gasteiger partial charge in [-0.1, -0.05) is 12.8 Å². The van der Waals surface area contributed by atoms with Crippen LogP contribution in [0, 0.1) is 28.6 Å². The second kappa shape index (κ2) is 14.0. The summed E-state index contributed by atoms with van der Waals surface area (Å²) in [5, 5.41) is -0.0800. The Morgan fingerprint density at radius 3 is 1.93 bits per heavy atom. The monoisotopic (exact) mass is 696 g/mol. The van der Waals surface area contributed by atoms with Crippen LogP contribution < -0.4 is 0 Å². The quantitative estimate of drug-likeness (QED) is 0.0960. The molecule has 5 rings (SSSR count). The first-order valence-electron chi connectivity index (χ1n) is 16.1. The Bertz CT molecular complexity index is 1280. The van der Waals surface area contributed by atoms with Gasteiger partial charge in [-0.05, 0) is 115 Å². The van der Waals surface area contributed by atoms with Crippen LogP contribution in [0.4, 0.5) is 0 Å². The molecule has 5 aliphatic rings. The molecule has 0 radical (unpaired) electrons. The third-order valence-corrected chi connectivity index (χ3v) is 14.6. The summed E-state index contributed by atoms with van der Waals surface area (Å²) in [5.41, 5.74) is -1.57. The van der Waals surface area contributed by atoms with E-state index in [4.69, 9.17) is 14.2 Å². The second-order valence-corrected chi connectivity index (χ2v) is 19.1. The third kappa shape index (κ3) is 8.55. The summed E-state index contributed by atoms with van der Waals surface area (Å²) < 4.78 is 83.4. The molecule has 0 spiro atoms. The van der Waals surface area contributed by atoms with Crippen molar-refractivity contribution in [3.05, 3.63) is 0 Å². The highest BCUT2D eigenvalue weighted by molar-refractivity contribution is 8.13. The molecule has 2 N–H and O–H groups in total. The van der Waals surface area contributed by atoms with Gasteiger partial charge in [0.05, 0.1) is 18.6 Å². The molecule has 2 unspecified atom stereocenters. The topological polar surface area (TPSA) is 188 Å². The molecule has 12 nitrogen and oxygen atoms in total. The van der Waals surface area contributed by atoms with Crippen molar-refractivity contribution in [1.29, 1.82) is 0 Å². The first-order valence-corrected chi connectivity index (χ1v) is 19.9. The summed E-state index contributed by atoms with van der Waals surface area (Å²) in [7, 11) is -9.99. The van der Waals surface area contributed by atoms with Gasteiger partial charge >= 0.3 is 33.0 Å². The predicted octanol–water partition coefficient (Wildman–Crippen LogP) is 4.91. The second-order valence-electron chi connectivity index (χ2n) is 14.3. The van der Waals surface area contributed by atoms with Crippen LogP contribution in [0.25, 0.3) is 0 Å². The summed E-state index contributed by atoms with van der Waals surface area (Å²) in [4.78, 5) is 36.3. The molecule has 45 heavy (non-hydrogen) atoms. The van der Waals surface area contributed by atoms with Crippen LogP contribution in [0.1, 0.15) is 111 Å². The van der Waals surface area contributed by atoms with E-state index >= 15 is 0 Å². The first-order chi connectivity index (χ1) is 20.9. The van der Waals surface area contributed by atoms with Crippen molar-refractivity contribution < 1.29 is 54.5 Å². The molecule has 5 aliphatic carbocycles. The Morgan fingerprint density at radius 1 is 0.889 bits per heavy atom. The molecule has 0 aromatic heterocycles. The van der Waals surface area contributed by atoms with Crippen molar-refractivity contribution in [2.75, 3.05) is 13.2 Å². The van der Waals surface area contributed by atoms with E-state index in [2.05, 4.69) is 0 Å². The molecule has 5 fully saturated rings. The van der Waals surface area contributed by atoms with Crippen molar-refractivity contribution >= 4 is 49.9 Å². The zero-order valence-corrected chi connectivity index (χ0v) is 28.9. The van der Waals surface area contributed by atoms with E-state index in [9.17, 15) is 40.3 Å². The third-order valence-electron chi connectivity index (χ3n) is 10.2. The average Bonchev–Trinajstić information content (AvgIpc) is 3.43. The zero-order chi connectivity index (χ0) is 33.3. The Labute approximate surface area is 271 Å². The van der Waals surface area contributed by atoms with Crippen molar-refractivity contribution in [2.24, 2.45) is 28.6 Å². The van der Waals surface area contributed by atoms with E-state index < -0.39 is 59.5 Å². The maximum Gasteiger partial charge on any atom is 0.369 e. The van der Waals surface area contributed by atoms with E-state index in [1.54, 1.807) is 0 Å². The minimum atomic E-state index is -5.28. The summed E-state index contributed by atoms with van der Waals surface area (Å²) in [6.07, 6.45) is 9.45. The Hall–Kier alpha value is -1.42. The lowest BCUT2D eigenvalue weighted by Crippen LogP contribution is -2.54. The molecule has 0 heterocycles. The average molecular weight is 697 g/mol. The number of carbonyl (C=O) groups is 3. The number of hydrogen-bond acceptors (Lipinski definition) is 11. The summed E-state index contributed by atoms with van der Waals surface area (Å²) in [6.45, 7) is 3.95. The minimum absolute atomic E-state index is 0.00474. The maximum atomic E-state index is 13.5. The van der Waals surface area contributed by atoms with Crippen LogP contribution in [0.3, 0.4) is 0 Å². The Kier molecular flexibility index (Phi) is 11.3. The zero-order valence-electron chi connectivity index (χ0n) is 26.4. The largest absolute Gasteiger partial charge is 0.464 e. The molecule has 5 saturated carbocycles. The van der Waals surface area contributed by atoms with Crippen LogP contribution in [0.5, 0.6) is 0 Å². The maximum absolute atomic E-state index is 13.5. The molecule has 258 valence electrons. The number of thioether (sulfide) groups is 1. The highest BCUT2D eigenvalue weighted by Crippen LogP contribution is 2.62. The van der Waals surface area contributed by atoms with Crippen molar-refractivity contribution in [2.45, 2.75) is 125 Å². The van der Waals surface area contributed by atoms with Crippen molar-refractivity contribution in [3.63, 3.8) is 0 Å². The predicted molar refractivity (Wildman–Crippen MR) is 166 cm³/mol. The van der Waals surface area contributed by atoms with E-state index in [-0.39, 0.29) is 43.1 Å². The fraction of sp³-hybridized carbons (Fsp3) is 0.900. The van der Waals surface area contributed by atoms with Crippen LogP contribution in [0.15, 0.2) is 0 Å². The number of esters is 3. The highest BCUT2D eigenvalue weighted by Gasteiger charge is 2.59. The molecule has 0 aliphatic heterocycles. The summed E-state index contributed by atoms with van der Waals surface area (Å²) in [6, 6.07) is 0. The highest BCUT2D eigenvalue weighted by atomic mass is 32.3. The van der Waals surface area contributed by atoms with E-state index in [1.807, 2.05) is 0 Å². The van der Waals surface area contributed by atoms with Gasteiger partial charge in [-0.2, -0.15) is 16.8 Å². The summed E-state index contributed by atoms with van der Waals surface area (Å²) in [5.74, 6) is -1.83. The fourth-order valence-electron chi connectivity index (χ4n) is 8.34. The van der Waals surface area contributed by atoms with Gasteiger partial charge in [0.25, 0.3) is 10.1 Å². The number of hydrogen-bond donors (Lipinski definition) is 2. The molecule has 2 atom stereocenters. The van der Waals surface area contributed by atoms with E-state index in [0.29, 0.717) is 17.8 Å². The molecule has 4 bridgehead atoms. The van der Waals surface area contributed by atoms with E-state index in [1.165, 1.54) is 20.8 Å². The molecular weight excluding hydrogens is 649 g/mol. The lowest BCUT2D eigenvalue weighted by molar-refractivity contribution is -0.181. The minimum Gasteiger partial charge on any atom is -0.464 e. The number of rotatable bonds is 16. The van der Waals surface area contributed by atoms with Gasteiger partial charge in [0, 0.05) is 11.7 Å². The lowest BCUT2D eigenvalue weighted by Gasteiger charge is -2.57. The lowest BCUT2D eigenvalue weighted by atomic mass is 9.48. The first kappa shape index (κ1) is 36.4. The number of ether oxygens (including phenoxy) is 3. The Morgan fingerprint density at radius 2 is 1.44 bits per heavy atom. The van der Waals surface area contributed by atoms with E-state index in [0.717, 1.165) is 76.0 Å². The van der Waals surface area contributed by atoms with Gasteiger partial charge in [0.1, 0.15) is 0 Å². The van der Waals surface area contributed by atoms with Crippen molar-refractivity contribution in [1.82, 2.24) is 0 Å². The van der Waals surface area contributed by atoms with Gasteiger partial charge in [0.15, 0.2) is 0 Å². The van der Waals surface area contributed by atoms with Crippen LogP contribution >= 0.6 is 11.8 Å². The summed E-state index contributed by atoms with van der Waals surface area (Å²) >= 11 is 0.862. The van der Waals surface area contributed by atoms with Crippen LogP contribution in [-0.2, 0) is 48.8 Å². The molecular formula is C30H48O12S3. The molecule has 0 aromatic rings. The molecule has 0 saturated heterocycles. The standard InChI is InChI=1S/C30H48O12S3/c1-4-40-27(33)30(45(37,38)39,12-11-29-17-20-14-21(18-29)16-22(15-20)19-29)42-26(32)28(2,3)10-7-13-41-24(31)25(44(34,35)36)43-23-8-5-6-9-23/h20-23,25H,4-19H2,1-3H3,(H,34,35,36)(H,37,38,39). The van der Waals surface area contributed by atoms with Gasteiger partial charge in [0.2, 0.25) is 4.58 Å². The number of carbonyl (C=O) groups excluding carboxylic acids is 3. The Balaban J connectivity index is 1.41. The SMILES string of the molecule is CCOC(=O)C(CCC12CC3CC(CC(C3)C1)C2)(OC(=O)C(C)(C)CCCOC(=O)C(SC1CCCC1)S(=O)(=O)O)S(=O)(=O)O. The van der Waals surface area contributed by atoms with Crippen LogP contribution in [-0.4, -0.2) is 71.8 Å².